The van der Waals surface area contributed by atoms with Gasteiger partial charge in [-0.05, 0) is 5.56 Å². The summed E-state index contributed by atoms with van der Waals surface area (Å²) in [6.45, 7) is 2.00. The summed E-state index contributed by atoms with van der Waals surface area (Å²) in [5.74, 6) is -2.33. The van der Waals surface area contributed by atoms with E-state index in [1.807, 2.05) is 30.3 Å². The zero-order chi connectivity index (χ0) is 24.5. The molecule has 3 N–H and O–H groups in total. The largest absolute Gasteiger partial charge is 0.480 e. The van der Waals surface area contributed by atoms with Crippen LogP contribution >= 0.6 is 58.0 Å². The summed E-state index contributed by atoms with van der Waals surface area (Å²) in [4.78, 5) is 19.1. The Balaban J connectivity index is 0.000000414. The van der Waals surface area contributed by atoms with Crippen LogP contribution in [0.4, 0.5) is 0 Å². The first-order valence-corrected chi connectivity index (χ1v) is 11.2. The highest BCUT2D eigenvalue weighted by Gasteiger charge is 2.31. The van der Waals surface area contributed by atoms with Crippen molar-refractivity contribution >= 4 is 69.9 Å². The highest BCUT2D eigenvalue weighted by atomic mass is 35.5. The molecule has 0 amide bonds. The summed E-state index contributed by atoms with van der Waals surface area (Å²) in [5, 5.41) is 19.4. The van der Waals surface area contributed by atoms with Crippen LogP contribution in [-0.2, 0) is 14.3 Å². The van der Waals surface area contributed by atoms with Crippen molar-refractivity contribution in [2.75, 3.05) is 19.7 Å². The van der Waals surface area contributed by atoms with E-state index in [1.54, 1.807) is 0 Å². The maximum absolute atomic E-state index is 9.55. The van der Waals surface area contributed by atoms with Crippen molar-refractivity contribution in [3.8, 4) is 5.75 Å². The molecular weight excluding hydrogens is 539 g/mol. The van der Waals surface area contributed by atoms with Crippen molar-refractivity contribution in [1.82, 2.24) is 5.32 Å². The molecule has 0 aromatic heterocycles. The zero-order valence-electron chi connectivity index (χ0n) is 16.7. The Morgan fingerprint density at radius 2 is 1.45 bits per heavy atom. The van der Waals surface area contributed by atoms with Crippen LogP contribution < -0.4 is 10.1 Å². The van der Waals surface area contributed by atoms with E-state index >= 15 is 0 Å². The van der Waals surface area contributed by atoms with Crippen LogP contribution in [0.5, 0.6) is 5.75 Å². The molecule has 1 aliphatic rings. The molecule has 1 aliphatic heterocycles. The second-order valence-electron chi connectivity index (χ2n) is 6.47. The Labute approximate surface area is 214 Å². The predicted molar refractivity (Wildman–Crippen MR) is 128 cm³/mol. The minimum atomic E-state index is -1.26. The van der Waals surface area contributed by atoms with E-state index in [1.165, 1.54) is 0 Å². The molecule has 2 aromatic rings. The fourth-order valence-corrected chi connectivity index (χ4v) is 3.95. The Morgan fingerprint density at radius 1 is 0.939 bits per heavy atom. The Kier molecular flexibility index (Phi) is 11.1. The van der Waals surface area contributed by atoms with Crippen molar-refractivity contribution in [2.24, 2.45) is 0 Å². The van der Waals surface area contributed by atoms with Crippen LogP contribution in [0.25, 0.3) is 0 Å². The minimum Gasteiger partial charge on any atom is -0.480 e. The fraction of sp³-hybridized carbons (Fsp3) is 0.238. The molecule has 0 bridgehead atoms. The van der Waals surface area contributed by atoms with Crippen molar-refractivity contribution in [3.63, 3.8) is 0 Å². The standard InChI is InChI=1S/C17H14Cl5NO2.C4H4O4/c18-11-12(19)14(21)17(15(22)13(11)20)25-16(9-4-2-1-3-5-9)10-8-23-6-7-24-10;5-3(6)1-2-4(7)8/h1-5,10,16,23H,6-8H2;1-2H,(H,5,6)(H,7,8)/t10-,16-;/m0./s1. The van der Waals surface area contributed by atoms with Gasteiger partial charge in [0, 0.05) is 25.2 Å². The fourth-order valence-electron chi connectivity index (χ4n) is 2.74. The number of carbonyl (C=O) groups is 2. The minimum absolute atomic E-state index is 0.0949. The maximum Gasteiger partial charge on any atom is 0.328 e. The number of hydrogen-bond donors (Lipinski definition) is 3. The Morgan fingerprint density at radius 3 is 1.91 bits per heavy atom. The molecule has 0 saturated carbocycles. The monoisotopic (exact) mass is 555 g/mol. The topological polar surface area (TPSA) is 105 Å². The van der Waals surface area contributed by atoms with E-state index < -0.39 is 18.0 Å². The number of nitrogens with one attached hydrogen (secondary N) is 1. The summed E-state index contributed by atoms with van der Waals surface area (Å²) in [6.07, 6.45) is 0.443. The van der Waals surface area contributed by atoms with Crippen molar-refractivity contribution in [1.29, 1.82) is 0 Å². The second-order valence-corrected chi connectivity index (χ2v) is 8.36. The van der Waals surface area contributed by atoms with Gasteiger partial charge in [-0.1, -0.05) is 88.3 Å². The number of aliphatic carboxylic acids is 2. The molecule has 1 saturated heterocycles. The third-order valence-electron chi connectivity index (χ3n) is 4.20. The average Bonchev–Trinajstić information content (AvgIpc) is 2.82. The van der Waals surface area contributed by atoms with Gasteiger partial charge in [0.25, 0.3) is 0 Å². The molecule has 2 atom stereocenters. The van der Waals surface area contributed by atoms with Crippen LogP contribution in [0.15, 0.2) is 42.5 Å². The van der Waals surface area contributed by atoms with E-state index in [0.717, 1.165) is 12.1 Å². The molecule has 0 radical (unpaired) electrons. The number of carboxylic acid groups (broad SMARTS) is 2. The molecule has 1 fully saturated rings. The van der Waals surface area contributed by atoms with Gasteiger partial charge >= 0.3 is 11.9 Å². The highest BCUT2D eigenvalue weighted by molar-refractivity contribution is 6.55. The van der Waals surface area contributed by atoms with Crippen molar-refractivity contribution in [2.45, 2.75) is 12.2 Å². The average molecular weight is 558 g/mol. The van der Waals surface area contributed by atoms with Gasteiger partial charge in [0.2, 0.25) is 0 Å². The van der Waals surface area contributed by atoms with Crippen LogP contribution in [0.2, 0.25) is 25.1 Å². The molecule has 2 aromatic carbocycles. The lowest BCUT2D eigenvalue weighted by Gasteiger charge is -2.32. The lowest BCUT2D eigenvalue weighted by molar-refractivity contribution is -0.134. The summed E-state index contributed by atoms with van der Waals surface area (Å²) in [6, 6.07) is 9.67. The summed E-state index contributed by atoms with van der Waals surface area (Å²) >= 11 is 30.9. The number of halogens is 5. The number of rotatable bonds is 6. The predicted octanol–water partition coefficient (Wildman–Crippen LogP) is 5.77. The van der Waals surface area contributed by atoms with Gasteiger partial charge in [0.05, 0.1) is 21.7 Å². The first kappa shape index (κ1) is 27.5. The van der Waals surface area contributed by atoms with Gasteiger partial charge in [0.1, 0.15) is 16.1 Å². The normalized spacial score (nSPS) is 16.6. The number of morpholine rings is 1. The molecule has 178 valence electrons. The first-order valence-electron chi connectivity index (χ1n) is 9.32. The quantitative estimate of drug-likeness (QED) is 0.235. The first-order chi connectivity index (χ1) is 15.6. The summed E-state index contributed by atoms with van der Waals surface area (Å²) < 4.78 is 12.0. The molecule has 0 unspecified atom stereocenters. The van der Waals surface area contributed by atoms with Crippen LogP contribution in [0.3, 0.4) is 0 Å². The summed E-state index contributed by atoms with van der Waals surface area (Å²) in [5.41, 5.74) is 0.922. The Bertz CT molecular complexity index is 967. The molecule has 0 aliphatic carbocycles. The smallest absolute Gasteiger partial charge is 0.328 e. The number of carboxylic acids is 2. The van der Waals surface area contributed by atoms with Gasteiger partial charge in [-0.15, -0.1) is 0 Å². The van der Waals surface area contributed by atoms with Gasteiger partial charge in [0.15, 0.2) is 11.9 Å². The molecular formula is C21H18Cl5NO6. The molecule has 0 spiro atoms. The molecule has 7 nitrogen and oxygen atoms in total. The van der Waals surface area contributed by atoms with E-state index in [0.29, 0.717) is 25.3 Å². The van der Waals surface area contributed by atoms with E-state index in [9.17, 15) is 9.59 Å². The van der Waals surface area contributed by atoms with Gasteiger partial charge < -0.3 is 25.0 Å². The van der Waals surface area contributed by atoms with Crippen molar-refractivity contribution in [3.05, 3.63) is 73.2 Å². The van der Waals surface area contributed by atoms with E-state index in [4.69, 9.17) is 77.7 Å². The maximum atomic E-state index is 9.55. The lowest BCUT2D eigenvalue weighted by Crippen LogP contribution is -2.43. The SMILES string of the molecule is Clc1c(Cl)c(Cl)c(O[C@@H](c2ccccc2)[C@@H]2CNCCO2)c(Cl)c1Cl.O=C(O)C=CC(=O)O. The molecule has 12 heteroatoms. The number of hydrogen-bond acceptors (Lipinski definition) is 5. The zero-order valence-corrected chi connectivity index (χ0v) is 20.5. The molecule has 3 rings (SSSR count). The third kappa shape index (κ3) is 7.93. The van der Waals surface area contributed by atoms with Crippen LogP contribution in [-0.4, -0.2) is 48.0 Å². The van der Waals surface area contributed by atoms with Gasteiger partial charge in [-0.25, -0.2) is 9.59 Å². The molecule has 33 heavy (non-hydrogen) atoms. The van der Waals surface area contributed by atoms with Gasteiger partial charge in [-0.2, -0.15) is 0 Å². The van der Waals surface area contributed by atoms with E-state index in [2.05, 4.69) is 5.32 Å². The van der Waals surface area contributed by atoms with Crippen molar-refractivity contribution < 1.29 is 29.3 Å². The highest BCUT2D eigenvalue weighted by Crippen LogP contribution is 2.49. The van der Waals surface area contributed by atoms with E-state index in [-0.39, 0.29) is 37.0 Å². The third-order valence-corrected chi connectivity index (χ3v) is 6.45. The Hall–Kier alpha value is -1.71. The van der Waals surface area contributed by atoms with Gasteiger partial charge in [-0.3, -0.25) is 0 Å². The molecule has 1 heterocycles. The van der Waals surface area contributed by atoms with Crippen LogP contribution in [0, 0.1) is 0 Å². The lowest BCUT2D eigenvalue weighted by atomic mass is 10.0. The number of ether oxygens (including phenoxy) is 2. The number of benzene rings is 2. The summed E-state index contributed by atoms with van der Waals surface area (Å²) in [7, 11) is 0. The van der Waals surface area contributed by atoms with Crippen LogP contribution in [0.1, 0.15) is 11.7 Å². The second kappa shape index (κ2) is 13.2.